The van der Waals surface area contributed by atoms with Crippen LogP contribution >= 0.6 is 0 Å². The van der Waals surface area contributed by atoms with Gasteiger partial charge in [0.2, 0.25) is 0 Å². The summed E-state index contributed by atoms with van der Waals surface area (Å²) in [5.41, 5.74) is 1.44. The molecule has 1 N–H and O–H groups in total. The van der Waals surface area contributed by atoms with E-state index in [1.807, 2.05) is 25.1 Å². The molecule has 1 atom stereocenters. The van der Waals surface area contributed by atoms with Gasteiger partial charge >= 0.3 is 0 Å². The normalized spacial score (nSPS) is 13.7. The molecule has 0 fully saturated rings. The summed E-state index contributed by atoms with van der Waals surface area (Å²) in [7, 11) is 3.10. The van der Waals surface area contributed by atoms with Crippen LogP contribution in [0.5, 0.6) is 23.0 Å². The Kier molecular flexibility index (Phi) is 4.97. The van der Waals surface area contributed by atoms with Crippen LogP contribution in [0.3, 0.4) is 0 Å². The summed E-state index contributed by atoms with van der Waals surface area (Å²) < 4.78 is 21.5. The van der Waals surface area contributed by atoms with E-state index in [9.17, 15) is 4.79 Å². The molecule has 132 valence electrons. The molecule has 0 saturated carbocycles. The van der Waals surface area contributed by atoms with E-state index in [4.69, 9.17) is 18.9 Å². The maximum absolute atomic E-state index is 12.5. The van der Waals surface area contributed by atoms with Gasteiger partial charge in [0.1, 0.15) is 13.2 Å². The Balaban J connectivity index is 1.74. The van der Waals surface area contributed by atoms with Crippen LogP contribution < -0.4 is 24.3 Å². The fourth-order valence-electron chi connectivity index (χ4n) is 2.67. The zero-order valence-electron chi connectivity index (χ0n) is 14.5. The lowest BCUT2D eigenvalue weighted by atomic mass is 10.1. The van der Waals surface area contributed by atoms with Crippen molar-refractivity contribution >= 4 is 5.91 Å². The minimum Gasteiger partial charge on any atom is -0.493 e. The van der Waals surface area contributed by atoms with Crippen LogP contribution in [0.2, 0.25) is 0 Å². The molecule has 0 aliphatic carbocycles. The lowest BCUT2D eigenvalue weighted by molar-refractivity contribution is 0.0939. The Bertz CT molecular complexity index is 774. The Morgan fingerprint density at radius 1 is 1.00 bits per heavy atom. The zero-order valence-corrected chi connectivity index (χ0v) is 14.5. The molecule has 0 saturated heterocycles. The molecule has 1 unspecified atom stereocenters. The average molecular weight is 343 g/mol. The maximum Gasteiger partial charge on any atom is 0.251 e. The van der Waals surface area contributed by atoms with Crippen molar-refractivity contribution in [2.24, 2.45) is 0 Å². The molecular weight excluding hydrogens is 322 g/mol. The van der Waals surface area contributed by atoms with E-state index in [-0.39, 0.29) is 11.9 Å². The topological polar surface area (TPSA) is 66.0 Å². The number of methoxy groups -OCH3 is 2. The molecule has 0 aromatic heterocycles. The second-order valence-electron chi connectivity index (χ2n) is 5.67. The quantitative estimate of drug-likeness (QED) is 0.904. The Labute approximate surface area is 146 Å². The van der Waals surface area contributed by atoms with Crippen LogP contribution in [0.15, 0.2) is 36.4 Å². The standard InChI is InChI=1S/C19H21NO5/c1-12(13-4-7-16-18(10-13)25-9-8-24-16)20-19(21)14-5-6-15(22-2)17(11-14)23-3/h4-7,10-12H,8-9H2,1-3H3,(H,20,21). The predicted octanol–water partition coefficient (Wildman–Crippen LogP) is 2.97. The van der Waals surface area contributed by atoms with Crippen LogP contribution in [0.1, 0.15) is 28.9 Å². The number of ether oxygens (including phenoxy) is 4. The fraction of sp³-hybridized carbons (Fsp3) is 0.316. The molecule has 2 aromatic carbocycles. The zero-order chi connectivity index (χ0) is 17.8. The van der Waals surface area contributed by atoms with Crippen molar-refractivity contribution in [3.63, 3.8) is 0 Å². The van der Waals surface area contributed by atoms with E-state index in [1.165, 1.54) is 7.11 Å². The second kappa shape index (κ2) is 7.34. The highest BCUT2D eigenvalue weighted by Gasteiger charge is 2.17. The van der Waals surface area contributed by atoms with E-state index in [0.29, 0.717) is 36.0 Å². The van der Waals surface area contributed by atoms with Gasteiger partial charge in [0.15, 0.2) is 23.0 Å². The highest BCUT2D eigenvalue weighted by Crippen LogP contribution is 2.33. The number of nitrogens with one attached hydrogen (secondary N) is 1. The molecule has 6 heteroatoms. The van der Waals surface area contributed by atoms with E-state index < -0.39 is 0 Å². The van der Waals surface area contributed by atoms with Crippen molar-refractivity contribution in [1.29, 1.82) is 0 Å². The van der Waals surface area contributed by atoms with Gasteiger partial charge in [0, 0.05) is 5.56 Å². The summed E-state index contributed by atoms with van der Waals surface area (Å²) in [6.45, 7) is 3.00. The summed E-state index contributed by atoms with van der Waals surface area (Å²) in [6, 6.07) is 10.6. The molecule has 1 aliphatic rings. The Morgan fingerprint density at radius 2 is 1.72 bits per heavy atom. The molecule has 25 heavy (non-hydrogen) atoms. The first-order valence-corrected chi connectivity index (χ1v) is 8.05. The van der Waals surface area contributed by atoms with Crippen molar-refractivity contribution in [1.82, 2.24) is 5.32 Å². The van der Waals surface area contributed by atoms with Gasteiger partial charge in [-0.05, 0) is 42.8 Å². The number of hydrogen-bond acceptors (Lipinski definition) is 5. The van der Waals surface area contributed by atoms with Gasteiger partial charge in [0.25, 0.3) is 5.91 Å². The second-order valence-corrected chi connectivity index (χ2v) is 5.67. The van der Waals surface area contributed by atoms with Crippen LogP contribution in [0.4, 0.5) is 0 Å². The lowest BCUT2D eigenvalue weighted by Gasteiger charge is -2.21. The van der Waals surface area contributed by atoms with Gasteiger partial charge in [-0.3, -0.25) is 4.79 Å². The first-order valence-electron chi connectivity index (χ1n) is 8.05. The van der Waals surface area contributed by atoms with E-state index in [2.05, 4.69) is 5.32 Å². The Hall–Kier alpha value is -2.89. The van der Waals surface area contributed by atoms with Gasteiger partial charge in [-0.1, -0.05) is 6.07 Å². The van der Waals surface area contributed by atoms with Gasteiger partial charge < -0.3 is 24.3 Å². The third kappa shape index (κ3) is 3.63. The summed E-state index contributed by atoms with van der Waals surface area (Å²) in [5.74, 6) is 2.34. The SMILES string of the molecule is COc1ccc(C(=O)NC(C)c2ccc3c(c2)OCCO3)cc1OC. The molecule has 3 rings (SSSR count). The highest BCUT2D eigenvalue weighted by molar-refractivity contribution is 5.95. The minimum absolute atomic E-state index is 0.184. The molecule has 1 heterocycles. The van der Waals surface area contributed by atoms with Gasteiger partial charge in [-0.25, -0.2) is 0 Å². The molecule has 1 amide bonds. The average Bonchev–Trinajstić information content (AvgIpc) is 2.66. The minimum atomic E-state index is -0.191. The molecule has 0 bridgehead atoms. The number of hydrogen-bond donors (Lipinski definition) is 1. The van der Waals surface area contributed by atoms with Crippen molar-refractivity contribution < 1.29 is 23.7 Å². The van der Waals surface area contributed by atoms with E-state index in [0.717, 1.165) is 11.3 Å². The van der Waals surface area contributed by atoms with Gasteiger partial charge in [-0.15, -0.1) is 0 Å². The van der Waals surface area contributed by atoms with Crippen molar-refractivity contribution in [2.45, 2.75) is 13.0 Å². The van der Waals surface area contributed by atoms with Crippen LogP contribution in [-0.4, -0.2) is 33.3 Å². The summed E-state index contributed by atoms with van der Waals surface area (Å²) >= 11 is 0. The maximum atomic E-state index is 12.5. The monoisotopic (exact) mass is 343 g/mol. The largest absolute Gasteiger partial charge is 0.493 e. The molecule has 1 aliphatic heterocycles. The lowest BCUT2D eigenvalue weighted by Crippen LogP contribution is -2.27. The fourth-order valence-corrected chi connectivity index (χ4v) is 2.67. The summed E-state index contributed by atoms with van der Waals surface area (Å²) in [4.78, 5) is 12.5. The van der Waals surface area contributed by atoms with Crippen LogP contribution in [0.25, 0.3) is 0 Å². The molecular formula is C19H21NO5. The molecule has 2 aromatic rings. The molecule has 0 radical (unpaired) electrons. The van der Waals surface area contributed by atoms with Gasteiger partial charge in [0.05, 0.1) is 20.3 Å². The smallest absolute Gasteiger partial charge is 0.251 e. The summed E-state index contributed by atoms with van der Waals surface area (Å²) in [6.07, 6.45) is 0. The van der Waals surface area contributed by atoms with Crippen molar-refractivity contribution in [3.05, 3.63) is 47.5 Å². The van der Waals surface area contributed by atoms with Crippen molar-refractivity contribution in [2.75, 3.05) is 27.4 Å². The number of fused-ring (bicyclic) bond motifs is 1. The molecule has 0 spiro atoms. The predicted molar refractivity (Wildman–Crippen MR) is 92.9 cm³/mol. The highest BCUT2D eigenvalue weighted by atomic mass is 16.6. The van der Waals surface area contributed by atoms with Crippen molar-refractivity contribution in [3.8, 4) is 23.0 Å². The summed E-state index contributed by atoms with van der Waals surface area (Å²) in [5, 5.41) is 2.98. The van der Waals surface area contributed by atoms with E-state index in [1.54, 1.807) is 25.3 Å². The van der Waals surface area contributed by atoms with Crippen LogP contribution in [-0.2, 0) is 0 Å². The first kappa shape index (κ1) is 17.0. The van der Waals surface area contributed by atoms with Gasteiger partial charge in [-0.2, -0.15) is 0 Å². The number of rotatable bonds is 5. The van der Waals surface area contributed by atoms with Crippen LogP contribution in [0, 0.1) is 0 Å². The van der Waals surface area contributed by atoms with E-state index >= 15 is 0 Å². The number of carbonyl (C=O) groups excluding carboxylic acids is 1. The third-order valence-electron chi connectivity index (χ3n) is 4.06. The molecule has 6 nitrogen and oxygen atoms in total. The third-order valence-corrected chi connectivity index (χ3v) is 4.06. The number of carbonyl (C=O) groups is 1. The Morgan fingerprint density at radius 3 is 2.44 bits per heavy atom. The number of amides is 1. The number of benzene rings is 2. The first-order chi connectivity index (χ1) is 12.1.